The van der Waals surface area contributed by atoms with Gasteiger partial charge >= 0.3 is 0 Å². The zero-order valence-corrected chi connectivity index (χ0v) is 9.43. The van der Waals surface area contributed by atoms with Crippen LogP contribution in [-0.2, 0) is 0 Å². The minimum Gasteiger partial charge on any atom is -0.0851 e. The predicted molar refractivity (Wildman–Crippen MR) is 62.4 cm³/mol. The third kappa shape index (κ3) is 2.87. The summed E-state index contributed by atoms with van der Waals surface area (Å²) in [5.41, 5.74) is 1.84. The summed E-state index contributed by atoms with van der Waals surface area (Å²) in [4.78, 5) is 0. The molecule has 2 aliphatic carbocycles. The van der Waals surface area contributed by atoms with E-state index in [1.54, 1.807) is 0 Å². The van der Waals surface area contributed by atoms with Gasteiger partial charge in [-0.3, -0.25) is 0 Å². The minimum absolute atomic E-state index is 0.994. The molecular weight excluding hydrogens is 168 g/mol. The van der Waals surface area contributed by atoms with Gasteiger partial charge < -0.3 is 0 Å². The van der Waals surface area contributed by atoms with Crippen molar-refractivity contribution in [3.63, 3.8) is 0 Å². The molecule has 80 valence electrons. The lowest BCUT2D eigenvalue weighted by atomic mass is 9.92. The van der Waals surface area contributed by atoms with Gasteiger partial charge in [-0.15, -0.1) is 0 Å². The van der Waals surface area contributed by atoms with Crippen molar-refractivity contribution in [2.75, 3.05) is 0 Å². The lowest BCUT2D eigenvalue weighted by molar-refractivity contribution is 0.580. The molecule has 1 saturated carbocycles. The van der Waals surface area contributed by atoms with Gasteiger partial charge in [-0.25, -0.2) is 0 Å². The molecule has 0 amide bonds. The quantitative estimate of drug-likeness (QED) is 0.521. The molecule has 0 heteroatoms. The number of allylic oxidation sites excluding steroid dienone is 2. The molecule has 0 heterocycles. The van der Waals surface area contributed by atoms with Crippen LogP contribution < -0.4 is 0 Å². The van der Waals surface area contributed by atoms with Crippen molar-refractivity contribution < 1.29 is 0 Å². The molecule has 0 N–H and O–H groups in total. The highest BCUT2D eigenvalue weighted by molar-refractivity contribution is 5.08. The molecule has 0 radical (unpaired) electrons. The highest BCUT2D eigenvalue weighted by Gasteiger charge is 2.18. The molecule has 0 aromatic rings. The molecule has 0 atom stereocenters. The molecule has 14 heavy (non-hydrogen) atoms. The van der Waals surface area contributed by atoms with Gasteiger partial charge in [-0.2, -0.15) is 0 Å². The second kappa shape index (κ2) is 5.58. The van der Waals surface area contributed by atoms with Gasteiger partial charge in [0.2, 0.25) is 0 Å². The fourth-order valence-corrected chi connectivity index (χ4v) is 3.06. The second-order valence-corrected chi connectivity index (χ2v) is 5.07. The highest BCUT2D eigenvalue weighted by Crippen LogP contribution is 2.34. The van der Waals surface area contributed by atoms with Crippen LogP contribution in [0.1, 0.15) is 70.6 Å². The smallest absolute Gasteiger partial charge is 0.0203 e. The van der Waals surface area contributed by atoms with Crippen molar-refractivity contribution in [1.82, 2.24) is 0 Å². The van der Waals surface area contributed by atoms with Crippen molar-refractivity contribution in [3.05, 3.63) is 11.6 Å². The first-order valence-electron chi connectivity index (χ1n) is 6.66. The minimum atomic E-state index is 0.994. The van der Waals surface area contributed by atoms with Gasteiger partial charge in [-0.05, 0) is 44.4 Å². The normalized spacial score (nSPS) is 30.1. The Morgan fingerprint density at radius 1 is 0.786 bits per heavy atom. The van der Waals surface area contributed by atoms with E-state index in [2.05, 4.69) is 6.08 Å². The fourth-order valence-electron chi connectivity index (χ4n) is 3.06. The second-order valence-electron chi connectivity index (χ2n) is 5.07. The highest BCUT2D eigenvalue weighted by atomic mass is 14.2. The monoisotopic (exact) mass is 192 g/mol. The van der Waals surface area contributed by atoms with Gasteiger partial charge in [0.15, 0.2) is 0 Å². The first-order valence-corrected chi connectivity index (χ1v) is 6.66. The van der Waals surface area contributed by atoms with E-state index in [1.165, 1.54) is 70.6 Å². The van der Waals surface area contributed by atoms with Crippen molar-refractivity contribution >= 4 is 0 Å². The summed E-state index contributed by atoms with van der Waals surface area (Å²) in [5, 5.41) is 0. The summed E-state index contributed by atoms with van der Waals surface area (Å²) in [5.74, 6) is 0.994. The third-order valence-electron chi connectivity index (χ3n) is 3.96. The molecule has 0 spiro atoms. The first kappa shape index (κ1) is 10.3. The maximum atomic E-state index is 2.60. The summed E-state index contributed by atoms with van der Waals surface area (Å²) in [7, 11) is 0. The average Bonchev–Trinajstić information content (AvgIpc) is 2.75. The Morgan fingerprint density at radius 3 is 2.36 bits per heavy atom. The largest absolute Gasteiger partial charge is 0.0851 e. The summed E-state index contributed by atoms with van der Waals surface area (Å²) in [6, 6.07) is 0. The Kier molecular flexibility index (Phi) is 4.09. The van der Waals surface area contributed by atoms with E-state index in [9.17, 15) is 0 Å². The Morgan fingerprint density at radius 2 is 1.50 bits per heavy atom. The summed E-state index contributed by atoms with van der Waals surface area (Å²) < 4.78 is 0. The van der Waals surface area contributed by atoms with Crippen molar-refractivity contribution in [1.29, 1.82) is 0 Å². The van der Waals surface area contributed by atoms with Crippen LogP contribution in [-0.4, -0.2) is 0 Å². The summed E-state index contributed by atoms with van der Waals surface area (Å²) >= 11 is 0. The average molecular weight is 192 g/mol. The van der Waals surface area contributed by atoms with E-state index in [1.807, 2.05) is 5.57 Å². The Hall–Kier alpha value is -0.260. The van der Waals surface area contributed by atoms with Gasteiger partial charge in [-0.1, -0.05) is 43.8 Å². The Bertz CT molecular complexity index is 184. The molecule has 2 rings (SSSR count). The van der Waals surface area contributed by atoms with Crippen LogP contribution in [0.2, 0.25) is 0 Å². The molecule has 0 bridgehead atoms. The van der Waals surface area contributed by atoms with Crippen LogP contribution >= 0.6 is 0 Å². The molecule has 0 aliphatic heterocycles. The van der Waals surface area contributed by atoms with Crippen LogP contribution in [0.25, 0.3) is 0 Å². The number of rotatable bonds is 1. The first-order chi connectivity index (χ1) is 6.97. The SMILES string of the molecule is C1=C(/C2CCCC2)CCCCCCC/1. The van der Waals surface area contributed by atoms with Crippen LogP contribution in [0, 0.1) is 5.92 Å². The van der Waals surface area contributed by atoms with Gasteiger partial charge in [0.25, 0.3) is 0 Å². The summed E-state index contributed by atoms with van der Waals surface area (Å²) in [6.45, 7) is 0. The Balaban J connectivity index is 1.91. The number of hydrogen-bond acceptors (Lipinski definition) is 0. The maximum absolute atomic E-state index is 2.60. The molecule has 0 nitrogen and oxygen atoms in total. The topological polar surface area (TPSA) is 0 Å². The van der Waals surface area contributed by atoms with Crippen molar-refractivity contribution in [2.24, 2.45) is 5.92 Å². The fraction of sp³-hybridized carbons (Fsp3) is 0.857. The summed E-state index contributed by atoms with van der Waals surface area (Å²) in [6.07, 6.45) is 18.7. The van der Waals surface area contributed by atoms with E-state index >= 15 is 0 Å². The van der Waals surface area contributed by atoms with E-state index in [0.717, 1.165) is 5.92 Å². The number of hydrogen-bond donors (Lipinski definition) is 0. The van der Waals surface area contributed by atoms with E-state index in [4.69, 9.17) is 0 Å². The van der Waals surface area contributed by atoms with Crippen molar-refractivity contribution in [3.8, 4) is 0 Å². The predicted octanol–water partition coefficient (Wildman–Crippen LogP) is 4.85. The zero-order valence-electron chi connectivity index (χ0n) is 9.43. The molecule has 1 fully saturated rings. The Labute approximate surface area is 88.8 Å². The van der Waals surface area contributed by atoms with Gasteiger partial charge in [0, 0.05) is 0 Å². The van der Waals surface area contributed by atoms with E-state index in [-0.39, 0.29) is 0 Å². The van der Waals surface area contributed by atoms with Gasteiger partial charge in [0.05, 0.1) is 0 Å². The molecule has 0 aromatic heterocycles. The van der Waals surface area contributed by atoms with Crippen LogP contribution in [0.4, 0.5) is 0 Å². The third-order valence-corrected chi connectivity index (χ3v) is 3.96. The van der Waals surface area contributed by atoms with E-state index < -0.39 is 0 Å². The van der Waals surface area contributed by atoms with E-state index in [0.29, 0.717) is 0 Å². The molecular formula is C14H24. The molecule has 0 unspecified atom stereocenters. The lowest BCUT2D eigenvalue weighted by Crippen LogP contribution is -1.98. The standard InChI is InChI=1S/C14H24/c1-2-4-6-10-13(9-5-3-1)14-11-7-8-12-14/h9,14H,1-8,10-12H2/b13-9+. The molecule has 0 saturated heterocycles. The maximum Gasteiger partial charge on any atom is -0.0203 e. The van der Waals surface area contributed by atoms with Crippen LogP contribution in [0.15, 0.2) is 11.6 Å². The zero-order chi connectivity index (χ0) is 9.64. The van der Waals surface area contributed by atoms with Gasteiger partial charge in [0.1, 0.15) is 0 Å². The van der Waals surface area contributed by atoms with Crippen molar-refractivity contribution in [2.45, 2.75) is 70.6 Å². The van der Waals surface area contributed by atoms with Crippen LogP contribution in [0.5, 0.6) is 0 Å². The lowest BCUT2D eigenvalue weighted by Gasteiger charge is -2.14. The van der Waals surface area contributed by atoms with Crippen LogP contribution in [0.3, 0.4) is 0 Å². The molecule has 0 aromatic carbocycles. The molecule has 2 aliphatic rings.